The Hall–Kier alpha value is -2.77. The molecule has 0 aliphatic carbocycles. The molecule has 26 heavy (non-hydrogen) atoms. The molecule has 138 valence electrons. The molecular formula is C18H22N4O4. The third-order valence-corrected chi connectivity index (χ3v) is 5.08. The summed E-state index contributed by atoms with van der Waals surface area (Å²) in [5, 5.41) is 19.3. The molecule has 0 atom stereocenters. The highest BCUT2D eigenvalue weighted by atomic mass is 16.6. The summed E-state index contributed by atoms with van der Waals surface area (Å²) < 4.78 is 11.2. The molecule has 0 spiro atoms. The molecule has 1 fully saturated rings. The van der Waals surface area contributed by atoms with E-state index in [1.54, 1.807) is 13.0 Å². The first-order valence-electron chi connectivity index (χ1n) is 9.05. The summed E-state index contributed by atoms with van der Waals surface area (Å²) in [6, 6.07) is 3.33. The first kappa shape index (κ1) is 16.7. The third kappa shape index (κ3) is 2.56. The van der Waals surface area contributed by atoms with Crippen molar-refractivity contribution in [3.63, 3.8) is 0 Å². The second-order valence-electron chi connectivity index (χ2n) is 6.54. The Kier molecular flexibility index (Phi) is 4.18. The molecule has 1 aromatic heterocycles. The third-order valence-electron chi connectivity index (χ3n) is 5.08. The van der Waals surface area contributed by atoms with Gasteiger partial charge in [-0.3, -0.25) is 15.2 Å². The molecule has 1 N–H and O–H groups in total. The fraction of sp³-hybridized carbons (Fsp3) is 0.500. The van der Waals surface area contributed by atoms with Gasteiger partial charge in [-0.25, -0.2) is 0 Å². The van der Waals surface area contributed by atoms with Gasteiger partial charge in [-0.05, 0) is 32.8 Å². The highest BCUT2D eigenvalue weighted by Crippen LogP contribution is 2.48. The molecule has 1 saturated heterocycles. The van der Waals surface area contributed by atoms with E-state index < -0.39 is 4.92 Å². The largest absolute Gasteiger partial charge is 0.490 e. The Balaban J connectivity index is 1.87. The van der Waals surface area contributed by atoms with Crippen molar-refractivity contribution < 1.29 is 14.4 Å². The smallest absolute Gasteiger partial charge is 0.315 e. The summed E-state index contributed by atoms with van der Waals surface area (Å²) in [5.74, 6) is 1.06. The zero-order chi connectivity index (χ0) is 18.3. The second kappa shape index (κ2) is 6.51. The van der Waals surface area contributed by atoms with E-state index in [0.717, 1.165) is 43.0 Å². The van der Waals surface area contributed by atoms with Crippen LogP contribution in [-0.4, -0.2) is 41.4 Å². The second-order valence-corrected chi connectivity index (χ2v) is 6.54. The minimum Gasteiger partial charge on any atom is -0.490 e. The minimum atomic E-state index is -0.428. The Morgan fingerprint density at radius 3 is 2.65 bits per heavy atom. The number of aromatic nitrogens is 2. The van der Waals surface area contributed by atoms with Crippen molar-refractivity contribution in [1.29, 1.82) is 0 Å². The van der Waals surface area contributed by atoms with Gasteiger partial charge in [-0.1, -0.05) is 0 Å². The number of nitrogens with zero attached hydrogens (tertiary/aromatic N) is 3. The van der Waals surface area contributed by atoms with Crippen LogP contribution in [0.3, 0.4) is 0 Å². The Morgan fingerprint density at radius 1 is 1.27 bits per heavy atom. The molecule has 3 aliphatic heterocycles. The number of nitro benzene ring substituents is 1. The number of nitro groups is 1. The fourth-order valence-electron chi connectivity index (χ4n) is 3.96. The number of hydrogen-bond donors (Lipinski definition) is 1. The van der Waals surface area contributed by atoms with Gasteiger partial charge in [0.25, 0.3) is 0 Å². The van der Waals surface area contributed by atoms with Crippen molar-refractivity contribution >= 4 is 11.4 Å². The topological polar surface area (TPSA) is 93.5 Å². The van der Waals surface area contributed by atoms with Crippen LogP contribution in [0.1, 0.15) is 38.3 Å². The van der Waals surface area contributed by atoms with Gasteiger partial charge < -0.3 is 14.4 Å². The standard InChI is InChI=1S/C18H22N4O4/c1-3-25-14-10-12(9-13(22(23)24)18(14)26-4-2)16-17-15(19-20-16)11-5-7-21(17)8-6-11/h9-11H,3-8H2,1-2H3,(H,19,20). The van der Waals surface area contributed by atoms with Gasteiger partial charge in [-0.15, -0.1) is 0 Å². The minimum absolute atomic E-state index is 0.0967. The quantitative estimate of drug-likeness (QED) is 0.628. The maximum atomic E-state index is 11.6. The van der Waals surface area contributed by atoms with E-state index in [2.05, 4.69) is 15.1 Å². The monoisotopic (exact) mass is 358 g/mol. The molecule has 3 aliphatic rings. The lowest BCUT2D eigenvalue weighted by Gasteiger charge is -2.40. The van der Waals surface area contributed by atoms with Crippen LogP contribution in [0.5, 0.6) is 11.5 Å². The van der Waals surface area contributed by atoms with E-state index in [1.165, 1.54) is 6.07 Å². The number of piperidine rings is 1. The van der Waals surface area contributed by atoms with Gasteiger partial charge >= 0.3 is 5.69 Å². The molecule has 2 bridgehead atoms. The summed E-state index contributed by atoms with van der Waals surface area (Å²) in [6.07, 6.45) is 2.25. The van der Waals surface area contributed by atoms with E-state index in [9.17, 15) is 10.1 Å². The predicted molar refractivity (Wildman–Crippen MR) is 97.2 cm³/mol. The van der Waals surface area contributed by atoms with Crippen LogP contribution in [0.15, 0.2) is 12.1 Å². The summed E-state index contributed by atoms with van der Waals surface area (Å²) in [7, 11) is 0. The van der Waals surface area contributed by atoms with E-state index in [0.29, 0.717) is 30.4 Å². The van der Waals surface area contributed by atoms with Crippen molar-refractivity contribution in [2.24, 2.45) is 0 Å². The van der Waals surface area contributed by atoms with Gasteiger partial charge in [0.2, 0.25) is 5.75 Å². The van der Waals surface area contributed by atoms with Crippen LogP contribution in [0.4, 0.5) is 11.4 Å². The lowest BCUT2D eigenvalue weighted by Crippen LogP contribution is -2.38. The lowest BCUT2D eigenvalue weighted by atomic mass is 9.86. The summed E-state index contributed by atoms with van der Waals surface area (Å²) >= 11 is 0. The number of rotatable bonds is 6. The highest BCUT2D eigenvalue weighted by Gasteiger charge is 2.36. The van der Waals surface area contributed by atoms with Crippen LogP contribution in [-0.2, 0) is 0 Å². The molecule has 0 radical (unpaired) electrons. The molecule has 5 rings (SSSR count). The van der Waals surface area contributed by atoms with Crippen molar-refractivity contribution in [2.45, 2.75) is 32.6 Å². The number of H-pyrrole nitrogens is 1. The SMILES string of the molecule is CCOc1cc(-c2n[nH]c3c2N2CCC3CC2)cc([N+](=O)[O-])c1OCC. The van der Waals surface area contributed by atoms with Crippen LogP contribution in [0.25, 0.3) is 11.3 Å². The fourth-order valence-corrected chi connectivity index (χ4v) is 3.96. The number of benzene rings is 1. The van der Waals surface area contributed by atoms with Gasteiger partial charge in [0, 0.05) is 30.6 Å². The van der Waals surface area contributed by atoms with Crippen LogP contribution in [0.2, 0.25) is 0 Å². The van der Waals surface area contributed by atoms with Crippen LogP contribution < -0.4 is 14.4 Å². The molecular weight excluding hydrogens is 336 g/mol. The molecule has 4 heterocycles. The number of ether oxygens (including phenoxy) is 2. The van der Waals surface area contributed by atoms with E-state index >= 15 is 0 Å². The average Bonchev–Trinajstić information content (AvgIpc) is 3.11. The Labute approximate surface area is 151 Å². The molecule has 8 nitrogen and oxygen atoms in total. The number of nitrogens with one attached hydrogen (secondary N) is 1. The normalized spacial score (nSPS) is 15.8. The molecule has 8 heteroatoms. The van der Waals surface area contributed by atoms with Gasteiger partial charge in [0.05, 0.1) is 29.5 Å². The number of fused-ring (bicyclic) bond motifs is 2. The molecule has 1 aromatic carbocycles. The van der Waals surface area contributed by atoms with Gasteiger partial charge in [0.15, 0.2) is 5.75 Å². The molecule has 0 saturated carbocycles. The Bertz CT molecular complexity index is 840. The summed E-state index contributed by atoms with van der Waals surface area (Å²) in [5.41, 5.74) is 3.55. The first-order valence-corrected chi connectivity index (χ1v) is 9.05. The molecule has 2 aromatic rings. The van der Waals surface area contributed by atoms with E-state index in [4.69, 9.17) is 9.47 Å². The van der Waals surface area contributed by atoms with Crippen molar-refractivity contribution in [2.75, 3.05) is 31.2 Å². The zero-order valence-corrected chi connectivity index (χ0v) is 14.9. The number of anilines is 1. The van der Waals surface area contributed by atoms with Crippen molar-refractivity contribution in [3.05, 3.63) is 27.9 Å². The number of hydrogen-bond acceptors (Lipinski definition) is 6. The van der Waals surface area contributed by atoms with Gasteiger partial charge in [-0.2, -0.15) is 5.10 Å². The van der Waals surface area contributed by atoms with Crippen molar-refractivity contribution in [1.82, 2.24) is 10.2 Å². The van der Waals surface area contributed by atoms with Crippen LogP contribution >= 0.6 is 0 Å². The van der Waals surface area contributed by atoms with Crippen molar-refractivity contribution in [3.8, 4) is 22.8 Å². The number of aromatic amines is 1. The van der Waals surface area contributed by atoms with Crippen LogP contribution in [0, 0.1) is 10.1 Å². The average molecular weight is 358 g/mol. The van der Waals surface area contributed by atoms with E-state index in [-0.39, 0.29) is 11.4 Å². The summed E-state index contributed by atoms with van der Waals surface area (Å²) in [6.45, 7) is 6.36. The van der Waals surface area contributed by atoms with Gasteiger partial charge in [0.1, 0.15) is 5.69 Å². The Morgan fingerprint density at radius 2 is 2.00 bits per heavy atom. The lowest BCUT2D eigenvalue weighted by molar-refractivity contribution is -0.385. The maximum absolute atomic E-state index is 11.6. The summed E-state index contributed by atoms with van der Waals surface area (Å²) in [4.78, 5) is 13.5. The maximum Gasteiger partial charge on any atom is 0.315 e. The van der Waals surface area contributed by atoms with E-state index in [1.807, 2.05) is 6.92 Å². The molecule has 0 amide bonds. The molecule has 0 unspecified atom stereocenters. The first-order chi connectivity index (χ1) is 12.6. The predicted octanol–water partition coefficient (Wildman–Crippen LogP) is 3.48. The highest BCUT2D eigenvalue weighted by molar-refractivity contribution is 5.82. The zero-order valence-electron chi connectivity index (χ0n) is 14.9.